The van der Waals surface area contributed by atoms with Crippen LogP contribution in [0, 0.1) is 0 Å². The van der Waals surface area contributed by atoms with Crippen molar-refractivity contribution < 1.29 is 13.2 Å². The molecule has 0 radical (unpaired) electrons. The highest BCUT2D eigenvalue weighted by Gasteiger charge is 2.20. The van der Waals surface area contributed by atoms with Crippen LogP contribution in [-0.4, -0.2) is 31.1 Å². The summed E-state index contributed by atoms with van der Waals surface area (Å²) in [6.45, 7) is 1.73. The van der Waals surface area contributed by atoms with Crippen molar-refractivity contribution in [1.82, 2.24) is 9.71 Å². The number of hydrogen-bond donors (Lipinski definition) is 3. The molecule has 6 nitrogen and oxygen atoms in total. The van der Waals surface area contributed by atoms with Crippen molar-refractivity contribution in [2.24, 2.45) is 5.73 Å². The average Bonchev–Trinajstić information content (AvgIpc) is 2.81. The van der Waals surface area contributed by atoms with Crippen molar-refractivity contribution in [1.29, 1.82) is 0 Å². The molecule has 0 aliphatic heterocycles. The summed E-state index contributed by atoms with van der Waals surface area (Å²) in [5.41, 5.74) is 7.66. The van der Waals surface area contributed by atoms with Gasteiger partial charge in [0.25, 0.3) is 5.91 Å². The molecule has 4 N–H and O–H groups in total. The van der Waals surface area contributed by atoms with Crippen LogP contribution in [0.25, 0.3) is 10.9 Å². The van der Waals surface area contributed by atoms with Crippen LogP contribution in [0.3, 0.4) is 0 Å². The van der Waals surface area contributed by atoms with Gasteiger partial charge in [0.1, 0.15) is 0 Å². The first kappa shape index (κ1) is 15.5. The van der Waals surface area contributed by atoms with Gasteiger partial charge in [-0.3, -0.25) is 9.52 Å². The molecule has 0 aliphatic carbocycles. The fourth-order valence-corrected chi connectivity index (χ4v) is 3.28. The van der Waals surface area contributed by atoms with Gasteiger partial charge in [-0.05, 0) is 24.5 Å². The Morgan fingerprint density at radius 2 is 2.10 bits per heavy atom. The Labute approximate surface area is 123 Å². The van der Waals surface area contributed by atoms with Crippen molar-refractivity contribution in [2.45, 2.75) is 25.8 Å². The van der Waals surface area contributed by atoms with E-state index in [-0.39, 0.29) is 12.2 Å². The van der Waals surface area contributed by atoms with E-state index in [0.29, 0.717) is 6.42 Å². The van der Waals surface area contributed by atoms with Gasteiger partial charge in [0, 0.05) is 17.1 Å². The number of carbonyl (C=O) groups is 1. The van der Waals surface area contributed by atoms with Gasteiger partial charge in [0.05, 0.1) is 11.8 Å². The summed E-state index contributed by atoms with van der Waals surface area (Å²) in [5.74, 6) is -0.757. The van der Waals surface area contributed by atoms with Gasteiger partial charge in [0.15, 0.2) is 0 Å². The largest absolute Gasteiger partial charge is 0.361 e. The molecular formula is C14H19N3O3S. The standard InChI is InChI=1S/C14H19N3O3S/c1-2-7-21(19,20)17-14(18)12(15)8-10-9-16-13-6-4-3-5-11(10)13/h3-6,9,12,16H,2,7-8,15H2,1H3,(H,17,18)/t12-/m0/s1. The van der Waals surface area contributed by atoms with Crippen LogP contribution in [0.2, 0.25) is 0 Å². The Morgan fingerprint density at radius 3 is 2.81 bits per heavy atom. The number of fused-ring (bicyclic) bond motifs is 1. The topological polar surface area (TPSA) is 105 Å². The van der Waals surface area contributed by atoms with E-state index in [4.69, 9.17) is 5.73 Å². The SMILES string of the molecule is CCCS(=O)(=O)NC(=O)[C@@H](N)Cc1c[nH]c2ccccc12. The lowest BCUT2D eigenvalue weighted by atomic mass is 10.1. The Kier molecular flexibility index (Phi) is 4.64. The van der Waals surface area contributed by atoms with Gasteiger partial charge in [-0.1, -0.05) is 25.1 Å². The molecule has 0 aliphatic rings. The molecule has 0 saturated heterocycles. The summed E-state index contributed by atoms with van der Waals surface area (Å²) in [5, 5.41) is 0.983. The number of H-pyrrole nitrogens is 1. The molecule has 0 bridgehead atoms. The van der Waals surface area contributed by atoms with E-state index in [1.54, 1.807) is 13.1 Å². The van der Waals surface area contributed by atoms with E-state index in [0.717, 1.165) is 16.5 Å². The first-order valence-electron chi connectivity index (χ1n) is 6.78. The van der Waals surface area contributed by atoms with E-state index in [2.05, 4.69) is 4.98 Å². The second-order valence-corrected chi connectivity index (χ2v) is 6.80. The number of carbonyl (C=O) groups excluding carboxylic acids is 1. The van der Waals surface area contributed by atoms with Gasteiger partial charge in [-0.25, -0.2) is 8.42 Å². The average molecular weight is 309 g/mol. The third-order valence-corrected chi connectivity index (χ3v) is 4.64. The van der Waals surface area contributed by atoms with Crippen molar-refractivity contribution in [2.75, 3.05) is 5.75 Å². The Balaban J connectivity index is 2.07. The highest BCUT2D eigenvalue weighted by molar-refractivity contribution is 7.90. The number of nitrogens with one attached hydrogen (secondary N) is 2. The maximum Gasteiger partial charge on any atom is 0.250 e. The predicted octanol–water partition coefficient (Wildman–Crippen LogP) is 0.894. The van der Waals surface area contributed by atoms with Gasteiger partial charge in [-0.2, -0.15) is 0 Å². The fraction of sp³-hybridized carbons (Fsp3) is 0.357. The van der Waals surface area contributed by atoms with Gasteiger partial charge in [0.2, 0.25) is 10.0 Å². The van der Waals surface area contributed by atoms with Crippen molar-refractivity contribution in [3.05, 3.63) is 36.0 Å². The summed E-state index contributed by atoms with van der Waals surface area (Å²) >= 11 is 0. The first-order chi connectivity index (χ1) is 9.93. The number of para-hydroxylation sites is 1. The van der Waals surface area contributed by atoms with Crippen LogP contribution >= 0.6 is 0 Å². The number of benzene rings is 1. The Bertz CT molecular complexity index is 737. The molecule has 1 aromatic heterocycles. The summed E-state index contributed by atoms with van der Waals surface area (Å²) in [7, 11) is -3.58. The maximum atomic E-state index is 11.9. The number of rotatable bonds is 6. The lowest BCUT2D eigenvalue weighted by Crippen LogP contribution is -2.45. The molecule has 0 saturated carbocycles. The second kappa shape index (κ2) is 6.28. The first-order valence-corrected chi connectivity index (χ1v) is 8.43. The molecule has 2 rings (SSSR count). The highest BCUT2D eigenvalue weighted by atomic mass is 32.2. The fourth-order valence-electron chi connectivity index (χ4n) is 2.18. The molecule has 0 unspecified atom stereocenters. The molecule has 7 heteroatoms. The monoisotopic (exact) mass is 309 g/mol. The second-order valence-electron chi connectivity index (χ2n) is 4.96. The lowest BCUT2D eigenvalue weighted by Gasteiger charge is -2.12. The van der Waals surface area contributed by atoms with E-state index in [1.165, 1.54) is 0 Å². The molecular weight excluding hydrogens is 290 g/mol. The number of sulfonamides is 1. The van der Waals surface area contributed by atoms with Crippen molar-refractivity contribution >= 4 is 26.8 Å². The van der Waals surface area contributed by atoms with Crippen molar-refractivity contribution in [3.63, 3.8) is 0 Å². The minimum absolute atomic E-state index is 0.0848. The number of amides is 1. The molecule has 21 heavy (non-hydrogen) atoms. The third-order valence-electron chi connectivity index (χ3n) is 3.18. The molecule has 114 valence electrons. The van der Waals surface area contributed by atoms with Crippen LogP contribution in [0.15, 0.2) is 30.5 Å². The van der Waals surface area contributed by atoms with Crippen LogP contribution < -0.4 is 10.5 Å². The van der Waals surface area contributed by atoms with Crippen LogP contribution in [0.4, 0.5) is 0 Å². The van der Waals surface area contributed by atoms with E-state index in [9.17, 15) is 13.2 Å². The number of hydrogen-bond acceptors (Lipinski definition) is 4. The quantitative estimate of drug-likeness (QED) is 0.737. The van der Waals surface area contributed by atoms with E-state index in [1.807, 2.05) is 29.0 Å². The van der Waals surface area contributed by atoms with Crippen molar-refractivity contribution in [3.8, 4) is 0 Å². The molecule has 0 fully saturated rings. The van der Waals surface area contributed by atoms with Gasteiger partial charge < -0.3 is 10.7 Å². The van der Waals surface area contributed by atoms with Crippen LogP contribution in [0.5, 0.6) is 0 Å². The zero-order valence-electron chi connectivity index (χ0n) is 11.8. The predicted molar refractivity (Wildman–Crippen MR) is 82.2 cm³/mol. The Morgan fingerprint density at radius 1 is 1.38 bits per heavy atom. The van der Waals surface area contributed by atoms with Crippen LogP contribution in [-0.2, 0) is 21.2 Å². The molecule has 0 spiro atoms. The molecule has 2 aromatic rings. The zero-order valence-corrected chi connectivity index (χ0v) is 12.6. The molecule has 1 heterocycles. The number of nitrogens with two attached hydrogens (primary N) is 1. The minimum atomic E-state index is -3.58. The molecule has 1 atom stereocenters. The molecule has 1 amide bonds. The normalized spacial score (nSPS) is 13.2. The van der Waals surface area contributed by atoms with E-state index < -0.39 is 22.0 Å². The third kappa shape index (κ3) is 3.83. The summed E-state index contributed by atoms with van der Waals surface area (Å²) < 4.78 is 25.1. The zero-order chi connectivity index (χ0) is 15.5. The van der Waals surface area contributed by atoms with E-state index >= 15 is 0 Å². The van der Waals surface area contributed by atoms with Gasteiger partial charge >= 0.3 is 0 Å². The lowest BCUT2D eigenvalue weighted by molar-refractivity contribution is -0.120. The van der Waals surface area contributed by atoms with Gasteiger partial charge in [-0.15, -0.1) is 0 Å². The molecule has 1 aromatic carbocycles. The minimum Gasteiger partial charge on any atom is -0.361 e. The summed E-state index contributed by atoms with van der Waals surface area (Å²) in [6, 6.07) is 6.76. The van der Waals surface area contributed by atoms with Crippen LogP contribution in [0.1, 0.15) is 18.9 Å². The maximum absolute atomic E-state index is 11.9. The summed E-state index contributed by atoms with van der Waals surface area (Å²) in [6.07, 6.45) is 2.51. The Hall–Kier alpha value is -1.86. The smallest absolute Gasteiger partial charge is 0.250 e. The summed E-state index contributed by atoms with van der Waals surface area (Å²) in [4.78, 5) is 15.0. The number of aromatic nitrogens is 1. The number of aromatic amines is 1. The highest BCUT2D eigenvalue weighted by Crippen LogP contribution is 2.18.